The minimum Gasteiger partial charge on any atom is -0.480 e. The van der Waals surface area contributed by atoms with E-state index in [1.165, 1.54) is 21.7 Å². The lowest BCUT2D eigenvalue weighted by molar-refractivity contribution is -0.156. The summed E-state index contributed by atoms with van der Waals surface area (Å²) < 4.78 is 149. The maximum Gasteiger partial charge on any atom is 0.426 e. The summed E-state index contributed by atoms with van der Waals surface area (Å²) in [5.41, 5.74) is 8.31. The molecule has 18 nitrogen and oxygen atoms in total. The van der Waals surface area contributed by atoms with Crippen LogP contribution in [0.2, 0.25) is 0 Å². The highest BCUT2D eigenvalue weighted by Gasteiger charge is 2.40. The van der Waals surface area contributed by atoms with Crippen LogP contribution in [-0.4, -0.2) is 131 Å². The second-order valence-electron chi connectivity index (χ2n) is 35.6. The normalized spacial score (nSPS) is 13.1. The lowest BCUT2D eigenvalue weighted by atomic mass is 10.0. The number of ether oxygens (including phenoxy) is 5. The molecule has 0 saturated carbocycles. The van der Waals surface area contributed by atoms with E-state index in [9.17, 15) is 73.1 Å². The topological polar surface area (TPSA) is 211 Å². The summed E-state index contributed by atoms with van der Waals surface area (Å²) >= 11 is 2.47. The van der Waals surface area contributed by atoms with Crippen LogP contribution < -0.4 is 15.1 Å². The number of aryl methyl sites for hydroxylation is 6. The highest BCUT2D eigenvalue weighted by Crippen LogP contribution is 2.47. The van der Waals surface area contributed by atoms with Crippen LogP contribution in [0.4, 0.5) is 71.0 Å². The first-order chi connectivity index (χ1) is 58.7. The molecule has 4 amide bonds. The van der Waals surface area contributed by atoms with Crippen LogP contribution in [0.1, 0.15) is 179 Å². The van der Waals surface area contributed by atoms with Gasteiger partial charge in [0, 0.05) is 75.4 Å². The van der Waals surface area contributed by atoms with Gasteiger partial charge in [0.05, 0.1) is 18.5 Å². The molecule has 3 aromatic heterocycles. The maximum atomic E-state index is 13.8. The van der Waals surface area contributed by atoms with Crippen LogP contribution >= 0.6 is 46.4 Å². The van der Waals surface area contributed by atoms with E-state index < -0.39 is 97.8 Å². The summed E-state index contributed by atoms with van der Waals surface area (Å²) in [5.74, 6) is -2.47. The van der Waals surface area contributed by atoms with Gasteiger partial charge in [-0.25, -0.2) is 14.4 Å². The number of benzene rings is 6. The van der Waals surface area contributed by atoms with Crippen molar-refractivity contribution in [2.45, 2.75) is 221 Å². The summed E-state index contributed by atoms with van der Waals surface area (Å²) in [7, 11) is 0. The molecule has 12 rings (SSSR count). The molecule has 3 aliphatic rings. The Bertz CT molecular complexity index is 5250. The zero-order valence-electron chi connectivity index (χ0n) is 74.0. The Morgan fingerprint density at radius 1 is 0.394 bits per heavy atom. The van der Waals surface area contributed by atoms with Gasteiger partial charge in [-0.3, -0.25) is 33.9 Å². The number of nitrogens with zero attached hydrogens (tertiary/aromatic N) is 4. The quantitative estimate of drug-likeness (QED) is 0.0367. The predicted molar refractivity (Wildman–Crippen MR) is 483 cm³/mol. The zero-order valence-corrected chi connectivity index (χ0v) is 77.3. The molecule has 0 atom stereocenters. The molecule has 3 aliphatic heterocycles. The van der Waals surface area contributed by atoms with Crippen molar-refractivity contribution in [2.75, 3.05) is 60.9 Å². The molecule has 9 aromatic rings. The Labute approximate surface area is 754 Å². The molecule has 6 heterocycles. The minimum atomic E-state index is -4.44. The third-order valence-electron chi connectivity index (χ3n) is 19.2. The monoisotopic (exact) mass is 1840 g/mol. The number of carboxylic acids is 1. The number of hydrogen-bond acceptors (Lipinski definition) is 16. The van der Waals surface area contributed by atoms with E-state index in [4.69, 9.17) is 28.8 Å². The number of alkyl halides is 9. The van der Waals surface area contributed by atoms with E-state index in [-0.39, 0.29) is 73.6 Å². The number of amides is 4. The second kappa shape index (κ2) is 43.1. The Morgan fingerprint density at radius 2 is 0.724 bits per heavy atom. The van der Waals surface area contributed by atoms with E-state index in [0.29, 0.717) is 78.1 Å². The third-order valence-corrected chi connectivity index (χ3v) is 22.9. The number of rotatable bonds is 22. The number of fused-ring (bicyclic) bond motifs is 3. The Balaban J connectivity index is 0.000000218. The fourth-order valence-electron chi connectivity index (χ4n) is 13.9. The molecule has 31 heteroatoms. The summed E-state index contributed by atoms with van der Waals surface area (Å²) in [6, 6.07) is 49.0. The average Bonchev–Trinajstić information content (AvgIpc) is 1.66. The number of carboxylic acid groups (broad SMARTS) is 1. The molecule has 2 N–H and O–H groups in total. The van der Waals surface area contributed by atoms with Crippen molar-refractivity contribution >= 4 is 106 Å². The van der Waals surface area contributed by atoms with Gasteiger partial charge in [-0.15, -0.1) is 46.4 Å². The van der Waals surface area contributed by atoms with Gasteiger partial charge < -0.3 is 39.0 Å². The summed E-state index contributed by atoms with van der Waals surface area (Å²) in [6.45, 7) is 27.2. The lowest BCUT2D eigenvalue weighted by Gasteiger charge is -2.29. The van der Waals surface area contributed by atoms with E-state index in [0.717, 1.165) is 103 Å². The number of aliphatic carboxylic acids is 1. The highest BCUT2D eigenvalue weighted by molar-refractivity contribution is 7.13. The predicted octanol–water partition coefficient (Wildman–Crippen LogP) is 24.2. The number of halogens is 10. The van der Waals surface area contributed by atoms with Gasteiger partial charge >= 0.3 is 54.7 Å². The fraction of sp³-hybridized carbons (Fsp3) is 0.427. The Hall–Kier alpha value is -10.4. The van der Waals surface area contributed by atoms with Gasteiger partial charge in [0.1, 0.15) is 55.7 Å². The lowest BCUT2D eigenvalue weighted by Crippen LogP contribution is -2.45. The van der Waals surface area contributed by atoms with Crippen molar-refractivity contribution in [3.05, 3.63) is 226 Å². The number of nitrogens with one attached hydrogen (secondary N) is 1. The smallest absolute Gasteiger partial charge is 0.426 e. The van der Waals surface area contributed by atoms with Gasteiger partial charge in [0.2, 0.25) is 5.91 Å². The average molecular weight is 1850 g/mol. The number of thiophene rings is 3. The highest BCUT2D eigenvalue weighted by atomic mass is 35.5. The fourth-order valence-corrected chi connectivity index (χ4v) is 17.0. The molecule has 0 unspecified atom stereocenters. The Kier molecular flexibility index (Phi) is 34.6. The number of hydrogen-bond donors (Lipinski definition) is 2. The molecule has 127 heavy (non-hydrogen) atoms. The van der Waals surface area contributed by atoms with E-state index in [2.05, 4.69) is 29.6 Å². The first kappa shape index (κ1) is 102. The van der Waals surface area contributed by atoms with Gasteiger partial charge in [-0.1, -0.05) is 127 Å². The third kappa shape index (κ3) is 31.8. The zero-order chi connectivity index (χ0) is 92.7. The van der Waals surface area contributed by atoms with Crippen LogP contribution in [-0.2, 0) is 119 Å². The van der Waals surface area contributed by atoms with Crippen molar-refractivity contribution in [3.8, 4) is 33.4 Å². The molecule has 0 saturated heterocycles. The molecule has 0 aliphatic carbocycles. The molecule has 0 bridgehead atoms. The van der Waals surface area contributed by atoms with Gasteiger partial charge in [0.25, 0.3) is 0 Å². The van der Waals surface area contributed by atoms with Crippen molar-refractivity contribution in [1.29, 1.82) is 0 Å². The number of esters is 2. The maximum absolute atomic E-state index is 13.8. The van der Waals surface area contributed by atoms with Gasteiger partial charge in [-0.05, 0) is 248 Å². The van der Waals surface area contributed by atoms with Crippen LogP contribution in [0.3, 0.4) is 0 Å². The van der Waals surface area contributed by atoms with Gasteiger partial charge in [0.15, 0.2) is 0 Å². The number of carbonyl (C=O) groups excluding carboxylic acids is 6. The minimum absolute atomic E-state index is 0. The van der Waals surface area contributed by atoms with Crippen LogP contribution in [0.15, 0.2) is 164 Å². The summed E-state index contributed by atoms with van der Waals surface area (Å²) in [4.78, 5) is 91.4. The summed E-state index contributed by atoms with van der Waals surface area (Å²) in [6.07, 6.45) is -9.29. The van der Waals surface area contributed by atoms with Crippen molar-refractivity contribution in [1.82, 2.24) is 9.80 Å². The van der Waals surface area contributed by atoms with E-state index >= 15 is 0 Å². The first-order valence-corrected chi connectivity index (χ1v) is 43.9. The van der Waals surface area contributed by atoms with E-state index in [1.54, 1.807) is 196 Å². The Morgan fingerprint density at radius 3 is 1.07 bits per heavy atom. The molecule has 0 radical (unpaired) electrons. The van der Waals surface area contributed by atoms with Crippen LogP contribution in [0.25, 0.3) is 33.4 Å². The molecular weight excluding hydrogens is 1730 g/mol. The molecular formula is C96H111ClF9N5O13S3. The van der Waals surface area contributed by atoms with Crippen LogP contribution in [0, 0.1) is 0 Å². The van der Waals surface area contributed by atoms with Crippen molar-refractivity contribution in [3.63, 3.8) is 0 Å². The molecule has 686 valence electrons. The van der Waals surface area contributed by atoms with Gasteiger partial charge in [-0.2, -0.15) is 39.5 Å². The number of anilines is 3. The second-order valence-corrected chi connectivity index (χ2v) is 39.0. The van der Waals surface area contributed by atoms with Crippen LogP contribution in [0.5, 0.6) is 0 Å². The van der Waals surface area contributed by atoms with E-state index in [1.807, 2.05) is 57.2 Å². The molecule has 0 fully saturated rings. The largest absolute Gasteiger partial charge is 0.480 e. The molecule has 0 spiro atoms. The standard InChI is InChI=1S/C35H41F3N2O5S.C26H26F3NO2S.C21H18F3NS.C14H25NO6.ClH/c1-33(2,3)44-30(42)17-18-39(32(43)45-34(4,5)6)22-29(41)40-19-16-25-20-23(13-15-28(25)40)12-14-26-21-27(24-10-8-7-9-11-24)31(46-26)35(36,37)38;1-25(2,3)32-24(31)30-14-13-19-15-17(10-12-22(19)30)9-11-20-16-21(18-7-5-4-6-8-18)23(33-20)26(27,28)29;22-21(23,24)20-18(15-4-2-1-3-5-15)13-17(26-20)8-6-14-7-9-19-16(12-14)10-11-25-19;1-13(2,3)20-11(18)7-8-15(9-10(16)17)12(19)21-14(4,5)6;/h7-11,13,15,20-21H,12,14,16-19,22H2,1-6H3;4-8,10,12,15-16H,9,11,13-14H2,1-3H3;1-5,7,9,12-13,25H,6,8,10-11H2;7-9H2,1-6H3,(H,16,17);1H. The van der Waals surface area contributed by atoms with Crippen molar-refractivity contribution in [2.24, 2.45) is 0 Å². The first-order valence-electron chi connectivity index (χ1n) is 41.5. The number of carbonyl (C=O) groups is 7. The summed E-state index contributed by atoms with van der Waals surface area (Å²) in [5, 5.41) is 12.1. The molecule has 6 aromatic carbocycles. The SMILES string of the molecule is CC(C)(C)OC(=O)CCN(CC(=O)N1CCc2cc(CCc3cc(-c4ccccc4)c(C(F)(F)F)s3)ccc21)C(=O)OC(C)(C)C.CC(C)(C)OC(=O)CCN(CC(=O)O)C(=O)OC(C)(C)C.CC(C)(C)OC(=O)N1CCc2cc(CCc3cc(-c4ccccc4)c(C(F)(F)F)s3)ccc21.Cl.FC(F)(F)c1sc(CCc2ccc3c(c2)CCN3)cc1-c1ccccc1. The van der Waals surface area contributed by atoms with Crippen molar-refractivity contribution < 1.29 is 102 Å².